The second-order valence-electron chi connectivity index (χ2n) is 10.9. The fourth-order valence-corrected chi connectivity index (χ4v) is 6.66. The zero-order chi connectivity index (χ0) is 29.1. The van der Waals surface area contributed by atoms with Crippen molar-refractivity contribution in [3.8, 4) is 11.5 Å². The van der Waals surface area contributed by atoms with Gasteiger partial charge in [0.1, 0.15) is 28.6 Å². The van der Waals surface area contributed by atoms with E-state index in [1.807, 2.05) is 24.3 Å². The number of aromatic hydroxyl groups is 1. The summed E-state index contributed by atoms with van der Waals surface area (Å²) in [5, 5.41) is 44.7. The first-order valence-corrected chi connectivity index (χ1v) is 13.0. The van der Waals surface area contributed by atoms with Crippen LogP contribution >= 0.6 is 0 Å². The number of hydrogen-bond acceptors (Lipinski definition) is 9. The van der Waals surface area contributed by atoms with Gasteiger partial charge in [0, 0.05) is 11.5 Å². The molecule has 3 aliphatic rings. The van der Waals surface area contributed by atoms with Crippen LogP contribution in [-0.4, -0.2) is 75.6 Å². The topological polar surface area (TPSA) is 171 Å². The summed E-state index contributed by atoms with van der Waals surface area (Å²) >= 11 is 0. The number of primary amides is 1. The SMILES string of the molecule is COc1cccc(CCc2ccc(O)c3c2C[C@@H]2C[C@@H]4[C@@H](N(C)C)C(O)=C(C(N)=O)C(=O)[C@]4(O)C(O)=C2C3=O)c1. The maximum absolute atomic E-state index is 13.8. The van der Waals surface area contributed by atoms with Gasteiger partial charge < -0.3 is 30.9 Å². The molecule has 0 bridgehead atoms. The molecule has 10 nitrogen and oxygen atoms in total. The summed E-state index contributed by atoms with van der Waals surface area (Å²) in [5.41, 5.74) is 4.28. The molecule has 4 atom stereocenters. The van der Waals surface area contributed by atoms with Gasteiger partial charge in [-0.25, -0.2) is 0 Å². The number of carbonyl (C=O) groups is 3. The molecule has 0 fully saturated rings. The van der Waals surface area contributed by atoms with Gasteiger partial charge in [-0.05, 0) is 80.6 Å². The van der Waals surface area contributed by atoms with E-state index in [9.17, 15) is 34.8 Å². The number of aliphatic hydroxyl groups is 3. The lowest BCUT2D eigenvalue weighted by Gasteiger charge is -2.50. The van der Waals surface area contributed by atoms with Crippen LogP contribution < -0.4 is 10.5 Å². The number of methoxy groups -OCH3 is 1. The maximum Gasteiger partial charge on any atom is 0.255 e. The predicted molar refractivity (Wildman–Crippen MR) is 144 cm³/mol. The number of Topliss-reactive ketones (excluding diaryl/α,β-unsaturated/α-hetero) is 2. The van der Waals surface area contributed by atoms with Crippen LogP contribution in [0, 0.1) is 11.8 Å². The molecule has 3 aliphatic carbocycles. The van der Waals surface area contributed by atoms with Crippen molar-refractivity contribution in [2.45, 2.75) is 37.3 Å². The minimum absolute atomic E-state index is 0.0175. The number of phenolic OH excluding ortho intramolecular Hbond substituents is 1. The number of aryl methyl sites for hydroxylation is 2. The molecule has 210 valence electrons. The van der Waals surface area contributed by atoms with Crippen molar-refractivity contribution in [1.82, 2.24) is 4.90 Å². The Bertz CT molecular complexity index is 1510. The average molecular weight is 549 g/mol. The van der Waals surface area contributed by atoms with Crippen molar-refractivity contribution in [2.24, 2.45) is 17.6 Å². The number of allylic oxidation sites excluding steroid dienone is 1. The Morgan fingerprint density at radius 3 is 2.50 bits per heavy atom. The quantitative estimate of drug-likeness (QED) is 0.338. The first-order chi connectivity index (χ1) is 18.9. The largest absolute Gasteiger partial charge is 0.510 e. The van der Waals surface area contributed by atoms with E-state index in [0.29, 0.717) is 18.4 Å². The summed E-state index contributed by atoms with van der Waals surface area (Å²) < 4.78 is 5.31. The number of hydrogen-bond donors (Lipinski definition) is 5. The second-order valence-corrected chi connectivity index (χ2v) is 10.9. The average Bonchev–Trinajstić information content (AvgIpc) is 2.90. The van der Waals surface area contributed by atoms with Crippen LogP contribution in [0.3, 0.4) is 0 Å². The monoisotopic (exact) mass is 548 g/mol. The number of ether oxygens (including phenoxy) is 1. The molecule has 0 unspecified atom stereocenters. The van der Waals surface area contributed by atoms with Gasteiger partial charge in [-0.3, -0.25) is 19.3 Å². The van der Waals surface area contributed by atoms with Crippen LogP contribution in [0.1, 0.15) is 33.5 Å². The van der Waals surface area contributed by atoms with E-state index < -0.39 is 58.0 Å². The summed E-state index contributed by atoms with van der Waals surface area (Å²) in [6.07, 6.45) is 1.53. The molecular formula is C30H32N2O8. The lowest BCUT2D eigenvalue weighted by molar-refractivity contribution is -0.148. The maximum atomic E-state index is 13.8. The van der Waals surface area contributed by atoms with E-state index >= 15 is 0 Å². The van der Waals surface area contributed by atoms with Gasteiger partial charge in [-0.1, -0.05) is 18.2 Å². The van der Waals surface area contributed by atoms with Crippen molar-refractivity contribution in [3.63, 3.8) is 0 Å². The summed E-state index contributed by atoms with van der Waals surface area (Å²) in [5.74, 6) is -5.85. The fourth-order valence-electron chi connectivity index (χ4n) is 6.66. The number of aliphatic hydroxyl groups excluding tert-OH is 2. The van der Waals surface area contributed by atoms with Gasteiger partial charge in [0.05, 0.1) is 18.7 Å². The Kier molecular flexibility index (Phi) is 6.71. The van der Waals surface area contributed by atoms with Crippen LogP contribution in [0.2, 0.25) is 0 Å². The van der Waals surface area contributed by atoms with Gasteiger partial charge in [0.15, 0.2) is 11.4 Å². The Morgan fingerprint density at radius 1 is 1.12 bits per heavy atom. The van der Waals surface area contributed by atoms with Crippen LogP contribution in [0.25, 0.3) is 0 Å². The number of nitrogens with two attached hydrogens (primary N) is 1. The molecule has 1 amide bonds. The molecular weight excluding hydrogens is 516 g/mol. The smallest absolute Gasteiger partial charge is 0.255 e. The molecule has 0 saturated carbocycles. The highest BCUT2D eigenvalue weighted by molar-refractivity contribution is 6.24. The van der Waals surface area contributed by atoms with Crippen LogP contribution in [0.15, 0.2) is 59.1 Å². The Morgan fingerprint density at radius 2 is 1.85 bits per heavy atom. The number of likely N-dealkylation sites (N-methyl/N-ethyl adjacent to an activating group) is 1. The van der Waals surface area contributed by atoms with Crippen molar-refractivity contribution in [1.29, 1.82) is 0 Å². The molecule has 0 heterocycles. The third-order valence-corrected chi connectivity index (χ3v) is 8.52. The Balaban J connectivity index is 1.59. The van der Waals surface area contributed by atoms with E-state index in [1.54, 1.807) is 27.3 Å². The number of amides is 1. The zero-order valence-electron chi connectivity index (χ0n) is 22.5. The Hall–Kier alpha value is -4.15. The minimum Gasteiger partial charge on any atom is -0.510 e. The number of phenols is 1. The minimum atomic E-state index is -2.65. The zero-order valence-corrected chi connectivity index (χ0v) is 22.5. The third-order valence-electron chi connectivity index (χ3n) is 8.52. The highest BCUT2D eigenvalue weighted by Gasteiger charge is 2.63. The summed E-state index contributed by atoms with van der Waals surface area (Å²) in [6, 6.07) is 9.83. The van der Waals surface area contributed by atoms with Crippen LogP contribution in [-0.2, 0) is 28.9 Å². The molecule has 0 radical (unpaired) electrons. The summed E-state index contributed by atoms with van der Waals surface area (Å²) in [6.45, 7) is 0. The van der Waals surface area contributed by atoms with Crippen LogP contribution in [0.5, 0.6) is 11.5 Å². The predicted octanol–water partition coefficient (Wildman–Crippen LogP) is 1.91. The molecule has 2 aromatic carbocycles. The highest BCUT2D eigenvalue weighted by atomic mass is 16.5. The molecule has 0 aromatic heterocycles. The highest BCUT2D eigenvalue weighted by Crippen LogP contribution is 2.52. The first-order valence-electron chi connectivity index (χ1n) is 13.0. The fraction of sp³-hybridized carbons (Fsp3) is 0.367. The molecule has 2 aromatic rings. The van der Waals surface area contributed by atoms with E-state index in [0.717, 1.165) is 16.9 Å². The number of nitrogens with zero attached hydrogens (tertiary/aromatic N) is 1. The number of benzene rings is 2. The van der Waals surface area contributed by atoms with Gasteiger partial charge >= 0.3 is 0 Å². The number of carbonyl (C=O) groups excluding carboxylic acids is 3. The lowest BCUT2D eigenvalue weighted by atomic mass is 9.58. The molecule has 5 rings (SSSR count). The summed E-state index contributed by atoms with van der Waals surface area (Å²) in [4.78, 5) is 40.8. The number of ketones is 2. The molecule has 6 N–H and O–H groups in total. The van der Waals surface area contributed by atoms with Crippen molar-refractivity contribution >= 4 is 17.5 Å². The van der Waals surface area contributed by atoms with Crippen LogP contribution in [0.4, 0.5) is 0 Å². The van der Waals surface area contributed by atoms with Crippen molar-refractivity contribution < 1.29 is 39.5 Å². The molecule has 0 aliphatic heterocycles. The molecule has 40 heavy (non-hydrogen) atoms. The molecule has 10 heteroatoms. The van der Waals surface area contributed by atoms with E-state index in [-0.39, 0.29) is 29.7 Å². The van der Waals surface area contributed by atoms with Crippen molar-refractivity contribution in [2.75, 3.05) is 21.2 Å². The normalized spacial score (nSPS) is 26.0. The lowest BCUT2D eigenvalue weighted by Crippen LogP contribution is -2.63. The molecule has 0 saturated heterocycles. The van der Waals surface area contributed by atoms with Gasteiger partial charge in [-0.2, -0.15) is 0 Å². The van der Waals surface area contributed by atoms with Crippen molar-refractivity contribution in [3.05, 3.63) is 81.3 Å². The second kappa shape index (κ2) is 9.79. The summed E-state index contributed by atoms with van der Waals surface area (Å²) in [7, 11) is 4.79. The number of rotatable bonds is 6. The van der Waals surface area contributed by atoms with E-state index in [4.69, 9.17) is 10.5 Å². The molecule has 0 spiro atoms. The van der Waals surface area contributed by atoms with Gasteiger partial charge in [0.25, 0.3) is 5.91 Å². The third kappa shape index (κ3) is 3.98. The van der Waals surface area contributed by atoms with E-state index in [1.165, 1.54) is 11.0 Å². The van der Waals surface area contributed by atoms with Gasteiger partial charge in [0.2, 0.25) is 5.78 Å². The number of fused-ring (bicyclic) bond motifs is 3. The standard InChI is InChI=1S/C30H32N2O8/c1-32(2)24-19-13-16-12-18-15(8-7-14-5-4-6-17(11-14)40-3)9-10-20(33)22(18)25(34)21(16)27(36)30(19,39)28(37)23(26(24)35)29(31)38/h4-6,9-11,16,19,24,33,35-36,39H,7-8,12-13H2,1-3H3,(H2,31,38)/t16-,19-,24-,30-/m1/s1. The van der Waals surface area contributed by atoms with E-state index in [2.05, 4.69) is 0 Å². The van der Waals surface area contributed by atoms with Gasteiger partial charge in [-0.15, -0.1) is 0 Å². The Labute approximate surface area is 231 Å². The first kappa shape index (κ1) is 27.4.